The van der Waals surface area contributed by atoms with Crippen molar-refractivity contribution in [3.63, 3.8) is 0 Å². The Balaban J connectivity index is 1.99. The van der Waals surface area contributed by atoms with Gasteiger partial charge in [-0.05, 0) is 19.3 Å². The maximum Gasteiger partial charge on any atom is 0.240 e. The molecule has 0 spiro atoms. The summed E-state index contributed by atoms with van der Waals surface area (Å²) in [6.45, 7) is 1.41. The molecule has 0 aliphatic carbocycles. The van der Waals surface area contributed by atoms with Crippen LogP contribution >= 0.6 is 0 Å². The molecule has 0 bridgehead atoms. The SMILES string of the molecule is N#CC1CCCN1C(=O)[C@@H]1C[C@H](N)CN1. The summed E-state index contributed by atoms with van der Waals surface area (Å²) >= 11 is 0. The summed E-state index contributed by atoms with van der Waals surface area (Å²) < 4.78 is 0. The third-order valence-corrected chi connectivity index (χ3v) is 3.15. The molecule has 1 unspecified atom stereocenters. The molecule has 5 nitrogen and oxygen atoms in total. The maximum absolute atomic E-state index is 12.0. The second-order valence-corrected chi connectivity index (χ2v) is 4.28. The normalized spacial score (nSPS) is 35.5. The van der Waals surface area contributed by atoms with E-state index in [0.29, 0.717) is 19.5 Å². The second kappa shape index (κ2) is 4.17. The first-order valence-electron chi connectivity index (χ1n) is 5.41. The molecule has 3 N–H and O–H groups in total. The van der Waals surface area contributed by atoms with Crippen molar-refractivity contribution in [2.75, 3.05) is 13.1 Å². The van der Waals surface area contributed by atoms with Crippen LogP contribution in [-0.2, 0) is 4.79 Å². The summed E-state index contributed by atoms with van der Waals surface area (Å²) in [5, 5.41) is 12.0. The van der Waals surface area contributed by atoms with Gasteiger partial charge in [0.05, 0.1) is 12.1 Å². The summed E-state index contributed by atoms with van der Waals surface area (Å²) in [7, 11) is 0. The molecule has 2 rings (SSSR count). The Morgan fingerprint density at radius 2 is 2.40 bits per heavy atom. The summed E-state index contributed by atoms with van der Waals surface area (Å²) in [5.74, 6) is 0.0481. The number of nitrogens with zero attached hydrogens (tertiary/aromatic N) is 2. The molecule has 2 aliphatic heterocycles. The average Bonchev–Trinajstić information content (AvgIpc) is 2.84. The van der Waals surface area contributed by atoms with Crippen molar-refractivity contribution in [2.24, 2.45) is 5.73 Å². The van der Waals surface area contributed by atoms with E-state index in [1.54, 1.807) is 4.90 Å². The number of nitriles is 1. The standard InChI is InChI=1S/C10H16N4O/c11-5-8-2-1-3-14(8)10(15)9-4-7(12)6-13-9/h7-9,13H,1-4,6,12H2/t7-,8?,9-/m0/s1. The van der Waals surface area contributed by atoms with Crippen molar-refractivity contribution in [3.05, 3.63) is 0 Å². The van der Waals surface area contributed by atoms with E-state index in [1.807, 2.05) is 0 Å². The van der Waals surface area contributed by atoms with Gasteiger partial charge in [0.2, 0.25) is 5.91 Å². The Morgan fingerprint density at radius 1 is 1.60 bits per heavy atom. The lowest BCUT2D eigenvalue weighted by Crippen LogP contribution is -2.45. The van der Waals surface area contributed by atoms with Crippen molar-refractivity contribution < 1.29 is 4.79 Å². The van der Waals surface area contributed by atoms with Crippen LogP contribution in [0.15, 0.2) is 0 Å². The van der Waals surface area contributed by atoms with Gasteiger partial charge in [-0.3, -0.25) is 4.79 Å². The minimum Gasteiger partial charge on any atom is -0.326 e. The van der Waals surface area contributed by atoms with Crippen LogP contribution in [-0.4, -0.2) is 42.0 Å². The summed E-state index contributed by atoms with van der Waals surface area (Å²) in [4.78, 5) is 13.7. The molecule has 1 amide bonds. The smallest absolute Gasteiger partial charge is 0.240 e. The minimum absolute atomic E-state index is 0.0481. The molecule has 0 aromatic carbocycles. The van der Waals surface area contributed by atoms with Crippen LogP contribution in [0.1, 0.15) is 19.3 Å². The first kappa shape index (κ1) is 10.4. The van der Waals surface area contributed by atoms with Gasteiger partial charge in [0.25, 0.3) is 0 Å². The van der Waals surface area contributed by atoms with Crippen LogP contribution in [0.5, 0.6) is 0 Å². The topological polar surface area (TPSA) is 82.2 Å². The van der Waals surface area contributed by atoms with Crippen molar-refractivity contribution in [3.8, 4) is 6.07 Å². The predicted octanol–water partition coefficient (Wildman–Crippen LogP) is -0.810. The lowest BCUT2D eigenvalue weighted by molar-refractivity contribution is -0.133. The first-order valence-corrected chi connectivity index (χ1v) is 5.41. The number of rotatable bonds is 1. The van der Waals surface area contributed by atoms with E-state index in [9.17, 15) is 4.79 Å². The van der Waals surface area contributed by atoms with Gasteiger partial charge in [-0.25, -0.2) is 0 Å². The Labute approximate surface area is 89.2 Å². The average molecular weight is 208 g/mol. The Morgan fingerprint density at radius 3 is 3.00 bits per heavy atom. The first-order chi connectivity index (χ1) is 7.22. The number of amides is 1. The highest BCUT2D eigenvalue weighted by atomic mass is 16.2. The lowest BCUT2D eigenvalue weighted by atomic mass is 10.1. The zero-order chi connectivity index (χ0) is 10.8. The highest BCUT2D eigenvalue weighted by Crippen LogP contribution is 2.19. The van der Waals surface area contributed by atoms with E-state index < -0.39 is 0 Å². The molecule has 0 aromatic heterocycles. The molecule has 2 heterocycles. The van der Waals surface area contributed by atoms with Gasteiger partial charge in [-0.2, -0.15) is 5.26 Å². The van der Waals surface area contributed by atoms with E-state index in [4.69, 9.17) is 11.0 Å². The molecule has 0 radical (unpaired) electrons. The second-order valence-electron chi connectivity index (χ2n) is 4.28. The number of hydrogen-bond acceptors (Lipinski definition) is 4. The van der Waals surface area contributed by atoms with Crippen LogP contribution in [0.4, 0.5) is 0 Å². The number of likely N-dealkylation sites (tertiary alicyclic amines) is 1. The van der Waals surface area contributed by atoms with Crippen LogP contribution < -0.4 is 11.1 Å². The molecule has 2 saturated heterocycles. The predicted molar refractivity (Wildman–Crippen MR) is 54.7 cm³/mol. The molecule has 82 valence electrons. The largest absolute Gasteiger partial charge is 0.326 e. The minimum atomic E-state index is -0.226. The molecular weight excluding hydrogens is 192 g/mol. The third kappa shape index (κ3) is 1.96. The molecule has 5 heteroatoms. The van der Waals surface area contributed by atoms with Crippen LogP contribution in [0, 0.1) is 11.3 Å². The Bertz CT molecular complexity index is 298. The molecule has 0 aromatic rings. The van der Waals surface area contributed by atoms with E-state index in [0.717, 1.165) is 12.8 Å². The number of nitrogens with one attached hydrogen (secondary N) is 1. The van der Waals surface area contributed by atoms with Crippen molar-refractivity contribution in [2.45, 2.75) is 37.4 Å². The third-order valence-electron chi connectivity index (χ3n) is 3.15. The van der Waals surface area contributed by atoms with E-state index in [2.05, 4.69) is 11.4 Å². The molecule has 2 fully saturated rings. The Hall–Kier alpha value is -1.12. The quantitative estimate of drug-likeness (QED) is 0.590. The highest BCUT2D eigenvalue weighted by Gasteiger charge is 2.35. The molecule has 2 aliphatic rings. The lowest BCUT2D eigenvalue weighted by Gasteiger charge is -2.23. The summed E-state index contributed by atoms with van der Waals surface area (Å²) in [6, 6.07) is 1.85. The van der Waals surface area contributed by atoms with Gasteiger partial charge in [0.15, 0.2) is 0 Å². The van der Waals surface area contributed by atoms with Gasteiger partial charge >= 0.3 is 0 Å². The Kier molecular flexibility index (Phi) is 2.89. The number of carbonyl (C=O) groups is 1. The van der Waals surface area contributed by atoms with Gasteiger partial charge < -0.3 is 16.0 Å². The zero-order valence-electron chi connectivity index (χ0n) is 8.65. The van der Waals surface area contributed by atoms with E-state index in [1.165, 1.54) is 0 Å². The van der Waals surface area contributed by atoms with E-state index in [-0.39, 0.29) is 24.0 Å². The summed E-state index contributed by atoms with van der Waals surface area (Å²) in [6.07, 6.45) is 2.43. The zero-order valence-corrected chi connectivity index (χ0v) is 8.65. The number of hydrogen-bond donors (Lipinski definition) is 2. The monoisotopic (exact) mass is 208 g/mol. The molecule has 0 saturated carbocycles. The molecule has 3 atom stereocenters. The molecular formula is C10H16N4O. The van der Waals surface area contributed by atoms with Gasteiger partial charge in [0, 0.05) is 19.1 Å². The van der Waals surface area contributed by atoms with Crippen molar-refractivity contribution in [1.29, 1.82) is 5.26 Å². The molecule has 15 heavy (non-hydrogen) atoms. The van der Waals surface area contributed by atoms with Crippen LogP contribution in [0.25, 0.3) is 0 Å². The van der Waals surface area contributed by atoms with Gasteiger partial charge in [0.1, 0.15) is 6.04 Å². The number of carbonyl (C=O) groups excluding carboxylic acids is 1. The van der Waals surface area contributed by atoms with Crippen LogP contribution in [0.3, 0.4) is 0 Å². The highest BCUT2D eigenvalue weighted by molar-refractivity contribution is 5.83. The van der Waals surface area contributed by atoms with Crippen molar-refractivity contribution in [1.82, 2.24) is 10.2 Å². The maximum atomic E-state index is 12.0. The van der Waals surface area contributed by atoms with Crippen LogP contribution in [0.2, 0.25) is 0 Å². The fourth-order valence-electron chi connectivity index (χ4n) is 2.32. The van der Waals surface area contributed by atoms with Crippen molar-refractivity contribution >= 4 is 5.91 Å². The fourth-order valence-corrected chi connectivity index (χ4v) is 2.32. The fraction of sp³-hybridized carbons (Fsp3) is 0.800. The number of nitrogens with two attached hydrogens (primary N) is 1. The van der Waals surface area contributed by atoms with Gasteiger partial charge in [-0.1, -0.05) is 0 Å². The van der Waals surface area contributed by atoms with E-state index >= 15 is 0 Å². The summed E-state index contributed by atoms with van der Waals surface area (Å²) in [5.41, 5.74) is 5.73. The van der Waals surface area contributed by atoms with Gasteiger partial charge in [-0.15, -0.1) is 0 Å².